The number of aromatic nitrogens is 1. The SMILES string of the molecule is C[C@]1(CO)[C@H]2Cc3sc(NC(=O)C4CCCCC4)nc3[C@@H](CC(=O)Nc3cccc(O)c3)[C@]2(C)CC[C@H]1O. The van der Waals surface area contributed by atoms with Gasteiger partial charge in [0, 0.05) is 40.3 Å². The van der Waals surface area contributed by atoms with Crippen LogP contribution in [0.4, 0.5) is 10.8 Å². The van der Waals surface area contributed by atoms with E-state index < -0.39 is 11.5 Å². The molecule has 0 radical (unpaired) electrons. The molecule has 5 N–H and O–H groups in total. The summed E-state index contributed by atoms with van der Waals surface area (Å²) in [6, 6.07) is 6.47. The first-order valence-electron chi connectivity index (χ1n) is 13.8. The summed E-state index contributed by atoms with van der Waals surface area (Å²) in [6.45, 7) is 3.96. The lowest BCUT2D eigenvalue weighted by atomic mass is 9.47. The van der Waals surface area contributed by atoms with Crippen LogP contribution in [0.25, 0.3) is 0 Å². The monoisotopic (exact) mass is 541 g/mol. The molecular formula is C29H39N3O5S. The van der Waals surface area contributed by atoms with E-state index in [1.54, 1.807) is 18.2 Å². The second-order valence-corrected chi connectivity index (χ2v) is 13.1. The second kappa shape index (κ2) is 10.6. The highest BCUT2D eigenvalue weighted by Gasteiger charge is 2.59. The largest absolute Gasteiger partial charge is 0.508 e. The van der Waals surface area contributed by atoms with Crippen molar-refractivity contribution in [2.45, 2.75) is 83.7 Å². The first-order chi connectivity index (χ1) is 18.1. The van der Waals surface area contributed by atoms with E-state index in [2.05, 4.69) is 17.6 Å². The predicted molar refractivity (Wildman–Crippen MR) is 147 cm³/mol. The number of phenolic OH excluding ortho intramolecular Hbond substituents is 1. The van der Waals surface area contributed by atoms with Crippen LogP contribution in [0.3, 0.4) is 0 Å². The van der Waals surface area contributed by atoms with Crippen molar-refractivity contribution in [1.29, 1.82) is 0 Å². The van der Waals surface area contributed by atoms with Gasteiger partial charge in [-0.15, -0.1) is 11.3 Å². The zero-order chi connectivity index (χ0) is 27.1. The Kier molecular flexibility index (Phi) is 7.55. The number of amides is 2. The normalized spacial score (nSPS) is 31.2. The van der Waals surface area contributed by atoms with Crippen LogP contribution < -0.4 is 10.6 Å². The van der Waals surface area contributed by atoms with E-state index in [4.69, 9.17) is 4.98 Å². The Bertz CT molecular complexity index is 1190. The van der Waals surface area contributed by atoms with Gasteiger partial charge < -0.3 is 26.0 Å². The van der Waals surface area contributed by atoms with Gasteiger partial charge in [0.15, 0.2) is 5.13 Å². The summed E-state index contributed by atoms with van der Waals surface area (Å²) in [4.78, 5) is 32.2. The van der Waals surface area contributed by atoms with E-state index in [0.717, 1.165) is 36.3 Å². The minimum absolute atomic E-state index is 0.0152. The first kappa shape index (κ1) is 27.1. The van der Waals surface area contributed by atoms with Crippen LogP contribution in [0.15, 0.2) is 24.3 Å². The first-order valence-corrected chi connectivity index (χ1v) is 14.6. The topological polar surface area (TPSA) is 132 Å². The highest BCUT2D eigenvalue weighted by molar-refractivity contribution is 7.15. The van der Waals surface area contributed by atoms with Crippen molar-refractivity contribution in [3.63, 3.8) is 0 Å². The van der Waals surface area contributed by atoms with Gasteiger partial charge in [-0.3, -0.25) is 9.59 Å². The lowest BCUT2D eigenvalue weighted by Crippen LogP contribution is -2.57. The number of aliphatic hydroxyl groups excluding tert-OH is 2. The fraction of sp³-hybridized carbons (Fsp3) is 0.621. The molecule has 1 heterocycles. The van der Waals surface area contributed by atoms with E-state index >= 15 is 0 Å². The van der Waals surface area contributed by atoms with Gasteiger partial charge in [-0.05, 0) is 55.6 Å². The van der Waals surface area contributed by atoms with E-state index in [0.29, 0.717) is 30.1 Å². The number of phenols is 1. The van der Waals surface area contributed by atoms with E-state index in [9.17, 15) is 24.9 Å². The molecule has 3 aliphatic carbocycles. The van der Waals surface area contributed by atoms with E-state index in [1.807, 2.05) is 6.92 Å². The van der Waals surface area contributed by atoms with Crippen molar-refractivity contribution in [2.75, 3.05) is 17.2 Å². The molecule has 0 saturated heterocycles. The molecule has 5 atom stereocenters. The average Bonchev–Trinajstić information content (AvgIpc) is 3.30. The highest BCUT2D eigenvalue weighted by atomic mass is 32.1. The third-order valence-electron chi connectivity index (χ3n) is 9.62. The number of anilines is 2. The summed E-state index contributed by atoms with van der Waals surface area (Å²) in [7, 11) is 0. The molecule has 38 heavy (non-hydrogen) atoms. The third-order valence-corrected chi connectivity index (χ3v) is 10.6. The zero-order valence-electron chi connectivity index (χ0n) is 22.2. The maximum atomic E-state index is 13.3. The summed E-state index contributed by atoms with van der Waals surface area (Å²) in [5, 5.41) is 37.8. The predicted octanol–water partition coefficient (Wildman–Crippen LogP) is 4.81. The number of nitrogens with zero attached hydrogens (tertiary/aromatic N) is 1. The number of rotatable bonds is 6. The van der Waals surface area contributed by atoms with Crippen LogP contribution in [-0.4, -0.2) is 44.8 Å². The summed E-state index contributed by atoms with van der Waals surface area (Å²) in [5.41, 5.74) is 0.278. The van der Waals surface area contributed by atoms with Crippen molar-refractivity contribution in [2.24, 2.45) is 22.7 Å². The second-order valence-electron chi connectivity index (χ2n) is 12.0. The van der Waals surface area contributed by atoms with Crippen LogP contribution in [0.2, 0.25) is 0 Å². The fourth-order valence-corrected chi connectivity index (χ4v) is 8.32. The molecule has 3 aliphatic rings. The Morgan fingerprint density at radius 2 is 1.89 bits per heavy atom. The standard InChI is InChI=1S/C29H39N3O5S/c1-28-12-11-23(35)29(2,16-33)22(28)15-21-25(20(28)14-24(36)30-18-9-6-10-19(34)13-18)31-27(38-21)32-26(37)17-7-4-3-5-8-17/h6,9-10,13,17,20,22-23,33-35H,3-5,7-8,11-12,14-16H2,1-2H3,(H,30,36)(H,31,32,37)/t20-,22+,23-,28+,29+/m1/s1. The molecule has 0 spiro atoms. The number of aromatic hydroxyl groups is 1. The highest BCUT2D eigenvalue weighted by Crippen LogP contribution is 2.62. The van der Waals surface area contributed by atoms with Gasteiger partial charge >= 0.3 is 0 Å². The molecule has 2 aromatic rings. The van der Waals surface area contributed by atoms with Crippen molar-refractivity contribution in [3.8, 4) is 5.75 Å². The number of benzene rings is 1. The molecule has 2 saturated carbocycles. The summed E-state index contributed by atoms with van der Waals surface area (Å²) in [5.74, 6) is -0.381. The molecule has 1 aromatic heterocycles. The molecule has 5 rings (SSSR count). The summed E-state index contributed by atoms with van der Waals surface area (Å²) in [6.07, 6.45) is 6.57. The average molecular weight is 542 g/mol. The van der Waals surface area contributed by atoms with Crippen molar-refractivity contribution < 1.29 is 24.9 Å². The molecule has 1 aromatic carbocycles. The van der Waals surface area contributed by atoms with Gasteiger partial charge in [0.25, 0.3) is 0 Å². The van der Waals surface area contributed by atoms with Crippen molar-refractivity contribution in [1.82, 2.24) is 4.98 Å². The minimum atomic E-state index is -0.708. The van der Waals surface area contributed by atoms with Crippen molar-refractivity contribution >= 4 is 34.0 Å². The Morgan fingerprint density at radius 1 is 1.13 bits per heavy atom. The maximum Gasteiger partial charge on any atom is 0.229 e. The Balaban J connectivity index is 1.46. The lowest BCUT2D eigenvalue weighted by Gasteiger charge is -2.58. The van der Waals surface area contributed by atoms with Crippen LogP contribution in [-0.2, 0) is 16.0 Å². The number of carbonyl (C=O) groups excluding carboxylic acids is 2. The van der Waals surface area contributed by atoms with Crippen LogP contribution in [0.1, 0.15) is 81.7 Å². The van der Waals surface area contributed by atoms with Crippen molar-refractivity contribution in [3.05, 3.63) is 34.8 Å². The zero-order valence-corrected chi connectivity index (χ0v) is 23.0. The number of nitrogens with one attached hydrogen (secondary N) is 2. The molecular weight excluding hydrogens is 502 g/mol. The maximum absolute atomic E-state index is 13.3. The van der Waals surface area contributed by atoms with Crippen LogP contribution in [0.5, 0.6) is 5.75 Å². The fourth-order valence-electron chi connectivity index (χ4n) is 7.25. The van der Waals surface area contributed by atoms with Gasteiger partial charge in [0.1, 0.15) is 5.75 Å². The molecule has 206 valence electrons. The Hall–Kier alpha value is -2.49. The van der Waals surface area contributed by atoms with Gasteiger partial charge in [0.2, 0.25) is 11.8 Å². The number of carbonyl (C=O) groups is 2. The number of thiazole rings is 1. The van der Waals surface area contributed by atoms with Crippen LogP contribution in [0, 0.1) is 22.7 Å². The van der Waals surface area contributed by atoms with Gasteiger partial charge in [-0.25, -0.2) is 4.98 Å². The van der Waals surface area contributed by atoms with Gasteiger partial charge in [0.05, 0.1) is 18.4 Å². The quantitative estimate of drug-likeness (QED) is 0.357. The Morgan fingerprint density at radius 3 is 2.61 bits per heavy atom. The van der Waals surface area contributed by atoms with Gasteiger partial charge in [-0.1, -0.05) is 39.2 Å². The van der Waals surface area contributed by atoms with Gasteiger partial charge in [-0.2, -0.15) is 0 Å². The summed E-state index contributed by atoms with van der Waals surface area (Å²) < 4.78 is 0. The number of aliphatic hydroxyl groups is 2. The smallest absolute Gasteiger partial charge is 0.229 e. The third kappa shape index (κ3) is 4.96. The Labute approximate surface area is 227 Å². The molecule has 0 unspecified atom stereocenters. The molecule has 2 amide bonds. The number of fused-ring (bicyclic) bond motifs is 2. The number of hydrogen-bond donors (Lipinski definition) is 5. The lowest BCUT2D eigenvalue weighted by molar-refractivity contribution is -0.143. The molecule has 8 nitrogen and oxygen atoms in total. The van der Waals surface area contributed by atoms with E-state index in [-0.39, 0.29) is 53.8 Å². The minimum Gasteiger partial charge on any atom is -0.508 e. The summed E-state index contributed by atoms with van der Waals surface area (Å²) >= 11 is 1.46. The number of hydrogen-bond acceptors (Lipinski definition) is 7. The van der Waals surface area contributed by atoms with Crippen LogP contribution >= 0.6 is 11.3 Å². The molecule has 9 heteroatoms. The molecule has 0 bridgehead atoms. The molecule has 2 fully saturated rings. The van der Waals surface area contributed by atoms with E-state index in [1.165, 1.54) is 23.8 Å². The molecule has 0 aliphatic heterocycles.